The van der Waals surface area contributed by atoms with E-state index < -0.39 is 30.5 Å². The lowest BCUT2D eigenvalue weighted by molar-refractivity contribution is -0.134. The molecule has 11 heteroatoms. The summed E-state index contributed by atoms with van der Waals surface area (Å²) < 4.78 is 66.8. The summed E-state index contributed by atoms with van der Waals surface area (Å²) in [5, 5.41) is 8.24. The summed E-state index contributed by atoms with van der Waals surface area (Å²) in [5.74, 6) is -0.198. The highest BCUT2D eigenvalue weighted by Gasteiger charge is 2.40. The summed E-state index contributed by atoms with van der Waals surface area (Å²) in [6, 6.07) is 15.6. The fourth-order valence-corrected chi connectivity index (χ4v) is 4.76. The van der Waals surface area contributed by atoms with Gasteiger partial charge in [-0.05, 0) is 54.8 Å². The van der Waals surface area contributed by atoms with Gasteiger partial charge in [0.2, 0.25) is 0 Å². The van der Waals surface area contributed by atoms with Crippen molar-refractivity contribution in [3.05, 3.63) is 78.2 Å². The first-order chi connectivity index (χ1) is 18.7. The van der Waals surface area contributed by atoms with Gasteiger partial charge < -0.3 is 14.4 Å². The van der Waals surface area contributed by atoms with Crippen molar-refractivity contribution in [3.63, 3.8) is 0 Å². The van der Waals surface area contributed by atoms with Crippen molar-refractivity contribution in [2.45, 2.75) is 25.1 Å². The maximum atomic E-state index is 14.5. The second kappa shape index (κ2) is 10.4. The minimum atomic E-state index is -4.68. The highest BCUT2D eigenvalue weighted by molar-refractivity contribution is 5.97. The van der Waals surface area contributed by atoms with Crippen molar-refractivity contribution in [2.75, 3.05) is 25.7 Å². The van der Waals surface area contributed by atoms with Crippen LogP contribution >= 0.6 is 0 Å². The molecule has 1 aliphatic heterocycles. The van der Waals surface area contributed by atoms with E-state index in [9.17, 15) is 22.4 Å². The third-order valence-electron chi connectivity index (χ3n) is 6.67. The monoisotopic (exact) mass is 540 g/mol. The van der Waals surface area contributed by atoms with Gasteiger partial charge in [0, 0.05) is 16.7 Å². The van der Waals surface area contributed by atoms with Crippen LogP contribution in [-0.4, -0.2) is 47.8 Å². The molecule has 0 saturated heterocycles. The number of nitrogens with zero attached hydrogens (tertiary/aromatic N) is 4. The first-order valence-electron chi connectivity index (χ1n) is 12.1. The minimum absolute atomic E-state index is 0.0592. The fourth-order valence-electron chi connectivity index (χ4n) is 4.76. The van der Waals surface area contributed by atoms with Gasteiger partial charge in [-0.25, -0.2) is 9.07 Å². The molecule has 202 valence electrons. The first-order valence-corrected chi connectivity index (χ1v) is 12.1. The number of methoxy groups -OCH3 is 2. The number of halogens is 4. The van der Waals surface area contributed by atoms with Gasteiger partial charge in [0.15, 0.2) is 0 Å². The summed E-state index contributed by atoms with van der Waals surface area (Å²) in [5.41, 5.74) is 2.76. The zero-order valence-corrected chi connectivity index (χ0v) is 21.1. The van der Waals surface area contributed by atoms with E-state index in [0.717, 1.165) is 16.9 Å². The van der Waals surface area contributed by atoms with Gasteiger partial charge in [-0.3, -0.25) is 4.79 Å². The van der Waals surface area contributed by atoms with Gasteiger partial charge in [0.05, 0.1) is 26.1 Å². The molecule has 39 heavy (non-hydrogen) atoms. The summed E-state index contributed by atoms with van der Waals surface area (Å²) >= 11 is 0. The van der Waals surface area contributed by atoms with E-state index in [1.54, 1.807) is 20.3 Å². The maximum Gasteiger partial charge on any atom is 0.406 e. The van der Waals surface area contributed by atoms with Gasteiger partial charge >= 0.3 is 6.18 Å². The van der Waals surface area contributed by atoms with Crippen molar-refractivity contribution in [3.8, 4) is 33.9 Å². The molecular formula is C28H24F4N4O3. The molecule has 4 aromatic rings. The minimum Gasteiger partial charge on any atom is -0.497 e. The zero-order valence-electron chi connectivity index (χ0n) is 21.1. The van der Waals surface area contributed by atoms with Crippen LogP contribution in [0.1, 0.15) is 18.0 Å². The lowest BCUT2D eigenvalue weighted by atomic mass is 10.0. The predicted octanol–water partition coefficient (Wildman–Crippen LogP) is 5.85. The number of ether oxygens (including phenoxy) is 2. The molecule has 0 saturated carbocycles. The maximum absolute atomic E-state index is 14.5. The Kier molecular flexibility index (Phi) is 6.98. The van der Waals surface area contributed by atoms with Crippen LogP contribution in [0.5, 0.6) is 11.5 Å². The number of alkyl halides is 3. The van der Waals surface area contributed by atoms with Crippen LogP contribution in [0.2, 0.25) is 0 Å². The average molecular weight is 541 g/mol. The third kappa shape index (κ3) is 5.29. The Hall–Kier alpha value is -4.41. The number of hydrogen-bond donors (Lipinski definition) is 0. The molecule has 1 aliphatic rings. The van der Waals surface area contributed by atoms with Crippen molar-refractivity contribution in [1.29, 1.82) is 0 Å². The largest absolute Gasteiger partial charge is 0.497 e. The van der Waals surface area contributed by atoms with Crippen LogP contribution in [0.3, 0.4) is 0 Å². The molecule has 0 spiro atoms. The fraction of sp³-hybridized carbons (Fsp3) is 0.250. The number of carbonyl (C=O) groups is 1. The molecule has 2 heterocycles. The van der Waals surface area contributed by atoms with E-state index in [1.807, 2.05) is 36.4 Å². The Morgan fingerprint density at radius 2 is 1.74 bits per heavy atom. The highest BCUT2D eigenvalue weighted by atomic mass is 19.4. The highest BCUT2D eigenvalue weighted by Crippen LogP contribution is 2.37. The molecule has 1 atom stereocenters. The molecule has 1 unspecified atom stereocenters. The second-order valence-corrected chi connectivity index (χ2v) is 9.06. The van der Waals surface area contributed by atoms with Crippen LogP contribution < -0.4 is 14.4 Å². The SMILES string of the molecule is COc1ccc(-c2ccc(-c3cn(C4CCc5c(F)cccc5N(CC(F)(F)F)C4=O)nn3)cc2OC)cc1. The number of benzene rings is 3. The zero-order chi connectivity index (χ0) is 27.7. The number of anilines is 1. The van der Waals surface area contributed by atoms with Crippen LogP contribution in [0.25, 0.3) is 22.4 Å². The number of carbonyl (C=O) groups excluding carboxylic acids is 1. The quantitative estimate of drug-likeness (QED) is 0.287. The molecule has 1 amide bonds. The lowest BCUT2D eigenvalue weighted by Gasteiger charge is -2.26. The first kappa shape index (κ1) is 26.2. The van der Waals surface area contributed by atoms with E-state index in [-0.39, 0.29) is 24.1 Å². The van der Waals surface area contributed by atoms with E-state index in [4.69, 9.17) is 9.47 Å². The molecule has 0 fully saturated rings. The van der Waals surface area contributed by atoms with Crippen LogP contribution in [0, 0.1) is 5.82 Å². The topological polar surface area (TPSA) is 69.5 Å². The van der Waals surface area contributed by atoms with Crippen LogP contribution in [0.4, 0.5) is 23.2 Å². The molecular weight excluding hydrogens is 516 g/mol. The van der Waals surface area contributed by atoms with E-state index in [2.05, 4.69) is 10.3 Å². The number of rotatable bonds is 6. The molecule has 5 rings (SSSR count). The Morgan fingerprint density at radius 3 is 2.44 bits per heavy atom. The Labute approximate surface area is 221 Å². The second-order valence-electron chi connectivity index (χ2n) is 9.06. The molecule has 1 aromatic heterocycles. The number of aromatic nitrogens is 3. The van der Waals surface area contributed by atoms with Gasteiger partial charge in [0.25, 0.3) is 5.91 Å². The van der Waals surface area contributed by atoms with Gasteiger partial charge in [-0.2, -0.15) is 13.2 Å². The molecule has 0 N–H and O–H groups in total. The van der Waals surface area contributed by atoms with Crippen LogP contribution in [-0.2, 0) is 11.2 Å². The van der Waals surface area contributed by atoms with Crippen LogP contribution in [0.15, 0.2) is 66.9 Å². The summed E-state index contributed by atoms with van der Waals surface area (Å²) in [6.45, 7) is -1.54. The molecule has 0 bridgehead atoms. The molecule has 7 nitrogen and oxygen atoms in total. The summed E-state index contributed by atoms with van der Waals surface area (Å²) in [6.07, 6.45) is -3.05. The van der Waals surface area contributed by atoms with Crippen molar-refractivity contribution >= 4 is 11.6 Å². The summed E-state index contributed by atoms with van der Waals surface area (Å²) in [4.78, 5) is 14.0. The smallest absolute Gasteiger partial charge is 0.406 e. The standard InChI is InChI=1S/C28H24F4N4O3/c1-38-19-9-6-17(7-10-19)20-11-8-18(14-26(20)39-2)23-15-36(34-33-23)25-13-12-21-22(29)4-3-5-24(21)35(27(25)37)16-28(30,31)32/h3-11,14-15,25H,12-13,16H2,1-2H3. The van der Waals surface area contributed by atoms with Gasteiger partial charge in [-0.15, -0.1) is 5.10 Å². The van der Waals surface area contributed by atoms with Gasteiger partial charge in [-0.1, -0.05) is 29.5 Å². The third-order valence-corrected chi connectivity index (χ3v) is 6.67. The molecule has 0 radical (unpaired) electrons. The molecule has 3 aromatic carbocycles. The van der Waals surface area contributed by atoms with Crippen molar-refractivity contribution in [2.24, 2.45) is 0 Å². The number of amides is 1. The van der Waals surface area contributed by atoms with Crippen molar-refractivity contribution < 1.29 is 31.8 Å². The lowest BCUT2D eigenvalue weighted by Crippen LogP contribution is -2.42. The normalized spacial score (nSPS) is 15.6. The van der Waals surface area contributed by atoms with E-state index in [1.165, 1.54) is 29.1 Å². The average Bonchev–Trinajstić information content (AvgIpc) is 3.37. The van der Waals surface area contributed by atoms with Gasteiger partial charge in [0.1, 0.15) is 35.6 Å². The number of hydrogen-bond acceptors (Lipinski definition) is 5. The van der Waals surface area contributed by atoms with E-state index >= 15 is 0 Å². The molecule has 0 aliphatic carbocycles. The predicted molar refractivity (Wildman–Crippen MR) is 136 cm³/mol. The number of fused-ring (bicyclic) bond motifs is 1. The summed E-state index contributed by atoms with van der Waals surface area (Å²) in [7, 11) is 3.13. The Bertz CT molecular complexity index is 1500. The Morgan fingerprint density at radius 1 is 1.00 bits per heavy atom. The van der Waals surface area contributed by atoms with E-state index in [0.29, 0.717) is 21.9 Å². The Balaban J connectivity index is 1.46. The van der Waals surface area contributed by atoms with Crippen molar-refractivity contribution in [1.82, 2.24) is 15.0 Å².